The van der Waals surface area contributed by atoms with Crippen LogP contribution in [0, 0.1) is 62.6 Å². The van der Waals surface area contributed by atoms with E-state index in [2.05, 4.69) is 64.0 Å². The molecule has 1 aliphatic heterocycles. The second-order valence-corrected chi connectivity index (χ2v) is 26.5. The number of fused-ring (bicyclic) bond motifs is 7. The highest BCUT2D eigenvalue weighted by molar-refractivity contribution is 8.31. The van der Waals surface area contributed by atoms with Gasteiger partial charge in [0.15, 0.2) is 5.78 Å². The highest BCUT2D eigenvalue weighted by Gasteiger charge is 2.71. The van der Waals surface area contributed by atoms with E-state index in [0.29, 0.717) is 48.0 Å². The zero-order valence-corrected chi connectivity index (χ0v) is 39.8. The number of carbonyl (C=O) groups excluding carboxylic acids is 4. The number of hydrogen-bond acceptors (Lipinski definition) is 8. The second kappa shape index (κ2) is 15.4. The molecule has 10 atom stereocenters. The number of carboxylic acids is 1. The standard InChI is InChI=1S/C47H73N3O8S2/c1-27(2)36-31(51)25-47(49-40(56)43(7,8)48-35(52)26-50-20-22-60(59-57)23-21-50)19-18-45(10)28(37(36)47)12-13-33-44(9)16-15-34(42(5,6)32(44)14-17-46(33,45)11)58-39(55)30-24-29(38(53)54)41(30,3)4/h27-30,32-34H,12-26H2,1-11H3,(H,48,52)(H,49,56)(H,53,54)/t28-,29+,30-,32-,33+,34+,44-,45+,46+,47+/m1/s1. The van der Waals surface area contributed by atoms with Gasteiger partial charge in [-0.3, -0.25) is 28.9 Å². The fraction of sp³-hybridized carbons (Fsp3) is 0.851. The number of esters is 1. The highest BCUT2D eigenvalue weighted by Crippen LogP contribution is 2.76. The van der Waals surface area contributed by atoms with E-state index in [1.54, 1.807) is 13.8 Å². The minimum Gasteiger partial charge on any atom is -0.481 e. The topological polar surface area (TPSA) is 159 Å². The van der Waals surface area contributed by atoms with Crippen LogP contribution in [0.2, 0.25) is 0 Å². The number of ether oxygens (including phenoxy) is 1. The largest absolute Gasteiger partial charge is 0.481 e. The number of carboxylic acid groups (broad SMARTS) is 1. The third-order valence-corrected chi connectivity index (χ3v) is 21.6. The number of carbonyl (C=O) groups is 5. The van der Waals surface area contributed by atoms with E-state index in [0.717, 1.165) is 67.6 Å². The van der Waals surface area contributed by atoms with Crippen molar-refractivity contribution < 1.29 is 38.0 Å². The number of allylic oxidation sites excluding steroid dienone is 1. The zero-order chi connectivity index (χ0) is 44.2. The number of amides is 2. The molecule has 6 fully saturated rings. The molecule has 3 N–H and O–H groups in total. The van der Waals surface area contributed by atoms with Gasteiger partial charge in [-0.15, -0.1) is 0 Å². The van der Waals surface area contributed by atoms with E-state index in [4.69, 9.17) is 4.74 Å². The number of Topliss-reactive ketones (excluding diaryl/α,β-unsaturated/α-hetero) is 1. The summed E-state index contributed by atoms with van der Waals surface area (Å²) in [6.07, 6.45) is 7.69. The average molecular weight is 872 g/mol. The lowest BCUT2D eigenvalue weighted by atomic mass is 9.33. The van der Waals surface area contributed by atoms with Gasteiger partial charge in [0.1, 0.15) is 21.9 Å². The molecule has 7 rings (SSSR count). The molecule has 0 spiro atoms. The molecule has 2 amide bonds. The minimum absolute atomic E-state index is 0.0178. The average Bonchev–Trinajstić information content (AvgIpc) is 3.44. The van der Waals surface area contributed by atoms with Crippen LogP contribution in [0.25, 0.3) is 0 Å². The lowest BCUT2D eigenvalue weighted by molar-refractivity contribution is -0.235. The molecule has 0 bridgehead atoms. The van der Waals surface area contributed by atoms with Crippen molar-refractivity contribution in [2.75, 3.05) is 31.1 Å². The lowest BCUT2D eigenvalue weighted by Gasteiger charge is -2.72. The Morgan fingerprint density at radius 2 is 1.55 bits per heavy atom. The van der Waals surface area contributed by atoms with Crippen LogP contribution in [0.5, 0.6) is 0 Å². The molecule has 0 radical (unpaired) electrons. The molecule has 6 aliphatic carbocycles. The first-order valence-electron chi connectivity index (χ1n) is 22.8. The number of aliphatic carboxylic acids is 1. The molecule has 0 aromatic rings. The number of ketones is 1. The predicted octanol–water partition coefficient (Wildman–Crippen LogP) is 6.45. The van der Waals surface area contributed by atoms with Crippen molar-refractivity contribution in [1.82, 2.24) is 15.5 Å². The molecule has 336 valence electrons. The number of nitrogens with zero attached hydrogens (tertiary/aromatic N) is 1. The summed E-state index contributed by atoms with van der Waals surface area (Å²) in [4.78, 5) is 69.5. The fourth-order valence-electron chi connectivity index (χ4n) is 14.8. The summed E-state index contributed by atoms with van der Waals surface area (Å²) in [5, 5.41) is 16.2. The van der Waals surface area contributed by atoms with Crippen molar-refractivity contribution in [3.05, 3.63) is 11.1 Å². The molecule has 1 heterocycles. The van der Waals surface area contributed by atoms with E-state index < -0.39 is 34.3 Å². The van der Waals surface area contributed by atoms with Gasteiger partial charge in [0.25, 0.3) is 0 Å². The number of hydrogen-bond donors (Lipinski definition) is 3. The number of nitrogens with one attached hydrogen (secondary N) is 2. The van der Waals surface area contributed by atoms with E-state index in [9.17, 15) is 33.3 Å². The van der Waals surface area contributed by atoms with E-state index >= 15 is 0 Å². The quantitative estimate of drug-likeness (QED) is 0.222. The Balaban J connectivity index is 1.10. The molecule has 7 aliphatic rings. The first-order chi connectivity index (χ1) is 27.8. The summed E-state index contributed by atoms with van der Waals surface area (Å²) in [6, 6.07) is 0. The van der Waals surface area contributed by atoms with Crippen LogP contribution in [-0.2, 0) is 48.4 Å². The molecule has 0 aromatic carbocycles. The molecule has 5 saturated carbocycles. The van der Waals surface area contributed by atoms with E-state index in [-0.39, 0.29) is 85.6 Å². The maximum Gasteiger partial charge on any atom is 0.309 e. The summed E-state index contributed by atoms with van der Waals surface area (Å²) >= 11 is 0. The van der Waals surface area contributed by atoms with Gasteiger partial charge in [-0.1, -0.05) is 71.8 Å². The highest BCUT2D eigenvalue weighted by atomic mass is 32.8. The SMILES string of the molecule is CC(C)C1=C2[C@H]3CC[C@H]4[C@]5(C)CC[C@H](OC(=O)[C@H]6C[C@@H](C(=O)O)C6(C)C)C(C)(C)[C@H]5CC[C@]4(C)[C@@]3(C)CC[C@]2(NC(=O)C(C)(C)NC(=O)CN2CCS(=S=O)CC2)CC1=O. The van der Waals surface area contributed by atoms with Gasteiger partial charge in [-0.2, -0.15) is 0 Å². The molecular weight excluding hydrogens is 799 g/mol. The second-order valence-electron chi connectivity index (χ2n) is 22.9. The van der Waals surface area contributed by atoms with Crippen LogP contribution in [0.15, 0.2) is 11.1 Å². The number of rotatable bonds is 9. The predicted molar refractivity (Wildman–Crippen MR) is 235 cm³/mol. The lowest BCUT2D eigenvalue weighted by Crippen LogP contribution is -2.68. The van der Waals surface area contributed by atoms with E-state index in [1.807, 2.05) is 13.8 Å². The Hall–Kier alpha value is -2.38. The summed E-state index contributed by atoms with van der Waals surface area (Å²) < 4.78 is 17.7. The van der Waals surface area contributed by atoms with Gasteiger partial charge in [0.05, 0.1) is 23.9 Å². The van der Waals surface area contributed by atoms with Crippen molar-refractivity contribution in [2.24, 2.45) is 62.6 Å². The Morgan fingerprint density at radius 1 is 0.883 bits per heavy atom. The monoisotopic (exact) mass is 871 g/mol. The third-order valence-electron chi connectivity index (χ3n) is 18.6. The van der Waals surface area contributed by atoms with Crippen LogP contribution in [0.3, 0.4) is 0 Å². The molecule has 13 heteroatoms. The van der Waals surface area contributed by atoms with E-state index in [1.165, 1.54) is 0 Å². The Labute approximate surface area is 363 Å². The van der Waals surface area contributed by atoms with Crippen molar-refractivity contribution in [2.45, 2.75) is 158 Å². The fourth-order valence-corrected chi connectivity index (χ4v) is 16.9. The Morgan fingerprint density at radius 3 is 2.15 bits per heavy atom. The Kier molecular flexibility index (Phi) is 11.7. The molecule has 60 heavy (non-hydrogen) atoms. The molecular formula is C47H73N3O8S2. The minimum atomic E-state index is -1.20. The molecule has 0 aromatic heterocycles. The Bertz CT molecular complexity index is 1930. The summed E-state index contributed by atoms with van der Waals surface area (Å²) in [5.74, 6) is 0.109. The smallest absolute Gasteiger partial charge is 0.309 e. The van der Waals surface area contributed by atoms with Crippen LogP contribution in [0.4, 0.5) is 0 Å². The van der Waals surface area contributed by atoms with Gasteiger partial charge in [0.2, 0.25) is 11.8 Å². The summed E-state index contributed by atoms with van der Waals surface area (Å²) in [6.45, 7) is 25.1. The van der Waals surface area contributed by atoms with Crippen molar-refractivity contribution in [3.63, 3.8) is 0 Å². The van der Waals surface area contributed by atoms with Crippen LogP contribution < -0.4 is 10.6 Å². The normalized spacial score (nSPS) is 40.0. The van der Waals surface area contributed by atoms with Gasteiger partial charge in [-0.05, 0) is 128 Å². The van der Waals surface area contributed by atoms with Gasteiger partial charge in [0, 0.05) is 36.4 Å². The van der Waals surface area contributed by atoms with Crippen LogP contribution in [0.1, 0.15) is 140 Å². The molecule has 0 unspecified atom stereocenters. The molecule has 11 nitrogen and oxygen atoms in total. The van der Waals surface area contributed by atoms with Crippen molar-refractivity contribution in [3.8, 4) is 0 Å². The van der Waals surface area contributed by atoms with Gasteiger partial charge in [-0.25, -0.2) is 4.21 Å². The summed E-state index contributed by atoms with van der Waals surface area (Å²) in [5.41, 5.74) is -0.926. The maximum absolute atomic E-state index is 14.4. The maximum atomic E-state index is 14.4. The summed E-state index contributed by atoms with van der Waals surface area (Å²) in [7, 11) is 0.478. The third kappa shape index (κ3) is 7.03. The van der Waals surface area contributed by atoms with Gasteiger partial charge >= 0.3 is 11.9 Å². The first kappa shape index (κ1) is 45.6. The zero-order valence-electron chi connectivity index (χ0n) is 38.2. The first-order valence-corrected chi connectivity index (χ1v) is 25.7. The van der Waals surface area contributed by atoms with Crippen LogP contribution >= 0.6 is 0 Å². The molecule has 1 saturated heterocycles. The van der Waals surface area contributed by atoms with Gasteiger partial charge < -0.3 is 20.5 Å². The van der Waals surface area contributed by atoms with Crippen molar-refractivity contribution >= 4 is 49.2 Å². The van der Waals surface area contributed by atoms with Crippen molar-refractivity contribution in [1.29, 1.82) is 0 Å². The van der Waals surface area contributed by atoms with Crippen LogP contribution in [-0.4, -0.2) is 92.1 Å².